The summed E-state index contributed by atoms with van der Waals surface area (Å²) in [5.41, 5.74) is 13.6. The molecule has 1 aliphatic heterocycles. The molecule has 1 atom stereocenters. The Morgan fingerprint density at radius 1 is 1.20 bits per heavy atom. The second kappa shape index (κ2) is 7.67. The van der Waals surface area contributed by atoms with E-state index in [9.17, 15) is 4.79 Å². The largest absolute Gasteiger partial charge is 0.394 e. The lowest BCUT2D eigenvalue weighted by Crippen LogP contribution is -2.54. The van der Waals surface area contributed by atoms with Crippen molar-refractivity contribution in [3.05, 3.63) is 47.4 Å². The Morgan fingerprint density at radius 2 is 1.88 bits per heavy atom. The van der Waals surface area contributed by atoms with Gasteiger partial charge in [0.25, 0.3) is 0 Å². The zero-order valence-corrected chi connectivity index (χ0v) is 14.6. The molecule has 7 nitrogen and oxygen atoms in total. The Kier molecular flexibility index (Phi) is 5.35. The first-order chi connectivity index (χ1) is 12.0. The van der Waals surface area contributed by atoms with Crippen LogP contribution in [0.2, 0.25) is 5.02 Å². The lowest BCUT2D eigenvalue weighted by molar-refractivity contribution is -0.132. The van der Waals surface area contributed by atoms with Crippen molar-refractivity contribution in [2.75, 3.05) is 36.8 Å². The molecule has 0 spiro atoms. The minimum absolute atomic E-state index is 0.0368. The highest BCUT2D eigenvalue weighted by Crippen LogP contribution is 2.20. The highest BCUT2D eigenvalue weighted by Gasteiger charge is 2.26. The second-order valence-corrected chi connectivity index (χ2v) is 6.49. The van der Waals surface area contributed by atoms with Gasteiger partial charge < -0.3 is 21.3 Å². The fourth-order valence-electron chi connectivity index (χ4n) is 2.93. The van der Waals surface area contributed by atoms with Gasteiger partial charge in [-0.05, 0) is 24.1 Å². The molecule has 0 radical (unpaired) electrons. The number of nitrogens with zero attached hydrogens (tertiary/aromatic N) is 4. The number of hydrogen-bond acceptors (Lipinski definition) is 6. The third-order valence-electron chi connectivity index (χ3n) is 4.30. The molecule has 1 aromatic heterocycles. The van der Waals surface area contributed by atoms with Crippen LogP contribution in [0.5, 0.6) is 0 Å². The Balaban J connectivity index is 1.56. The predicted octanol–water partition coefficient (Wildman–Crippen LogP) is 0.931. The monoisotopic (exact) mass is 360 g/mol. The third kappa shape index (κ3) is 4.18. The Hall–Kier alpha value is -2.38. The fourth-order valence-corrected chi connectivity index (χ4v) is 3.06. The van der Waals surface area contributed by atoms with Crippen LogP contribution in [0.1, 0.15) is 5.56 Å². The first kappa shape index (κ1) is 17.4. The smallest absolute Gasteiger partial charge is 0.239 e. The molecule has 0 aliphatic carbocycles. The van der Waals surface area contributed by atoms with E-state index in [0.29, 0.717) is 49.1 Å². The molecular formula is C17H21ClN6O. The topological polar surface area (TPSA) is 101 Å². The van der Waals surface area contributed by atoms with Gasteiger partial charge in [0.05, 0.1) is 17.9 Å². The molecule has 3 rings (SSSR count). The number of aromatic nitrogens is 2. The number of nitrogen functional groups attached to an aromatic ring is 1. The molecule has 1 fully saturated rings. The molecule has 0 saturated carbocycles. The summed E-state index contributed by atoms with van der Waals surface area (Å²) in [7, 11) is 0. The molecule has 132 valence electrons. The highest BCUT2D eigenvalue weighted by atomic mass is 35.5. The lowest BCUT2D eigenvalue weighted by Gasteiger charge is -2.36. The minimum Gasteiger partial charge on any atom is -0.394 e. The van der Waals surface area contributed by atoms with Crippen molar-refractivity contribution >= 4 is 29.0 Å². The average molecular weight is 361 g/mol. The van der Waals surface area contributed by atoms with Crippen LogP contribution in [0.25, 0.3) is 0 Å². The molecule has 1 saturated heterocycles. The molecular weight excluding hydrogens is 340 g/mol. The number of amides is 1. The molecule has 25 heavy (non-hydrogen) atoms. The van der Waals surface area contributed by atoms with Gasteiger partial charge in [0.1, 0.15) is 6.33 Å². The van der Waals surface area contributed by atoms with Crippen molar-refractivity contribution in [1.29, 1.82) is 0 Å². The van der Waals surface area contributed by atoms with Crippen LogP contribution in [0, 0.1) is 0 Å². The van der Waals surface area contributed by atoms with E-state index in [4.69, 9.17) is 23.1 Å². The second-order valence-electron chi connectivity index (χ2n) is 6.05. The van der Waals surface area contributed by atoms with E-state index in [1.807, 2.05) is 12.1 Å². The minimum atomic E-state index is -0.558. The first-order valence-electron chi connectivity index (χ1n) is 8.14. The first-order valence-corrected chi connectivity index (χ1v) is 8.51. The maximum Gasteiger partial charge on any atom is 0.239 e. The maximum atomic E-state index is 12.6. The van der Waals surface area contributed by atoms with E-state index < -0.39 is 6.04 Å². The summed E-state index contributed by atoms with van der Waals surface area (Å²) in [6.45, 7) is 2.52. The SMILES string of the molecule is Nc1cncnc1N1CCN(C(=O)C(N)Cc2ccc(Cl)cc2)CC1. The maximum absolute atomic E-state index is 12.6. The van der Waals surface area contributed by atoms with Crippen molar-refractivity contribution in [3.63, 3.8) is 0 Å². The Morgan fingerprint density at radius 3 is 2.52 bits per heavy atom. The molecule has 1 aliphatic rings. The average Bonchev–Trinajstić information content (AvgIpc) is 2.63. The van der Waals surface area contributed by atoms with Crippen LogP contribution < -0.4 is 16.4 Å². The highest BCUT2D eigenvalue weighted by molar-refractivity contribution is 6.30. The van der Waals surface area contributed by atoms with Crippen LogP contribution in [-0.2, 0) is 11.2 Å². The molecule has 1 amide bonds. The van der Waals surface area contributed by atoms with Gasteiger partial charge >= 0.3 is 0 Å². The lowest BCUT2D eigenvalue weighted by atomic mass is 10.1. The van der Waals surface area contributed by atoms with Gasteiger partial charge in [0.15, 0.2) is 5.82 Å². The van der Waals surface area contributed by atoms with E-state index in [-0.39, 0.29) is 5.91 Å². The zero-order valence-electron chi connectivity index (χ0n) is 13.8. The molecule has 1 unspecified atom stereocenters. The number of piperazine rings is 1. The van der Waals surface area contributed by atoms with Gasteiger partial charge in [-0.3, -0.25) is 4.79 Å². The van der Waals surface area contributed by atoms with E-state index in [1.54, 1.807) is 23.2 Å². The molecule has 1 aromatic carbocycles. The molecule has 4 N–H and O–H groups in total. The molecule has 2 aromatic rings. The van der Waals surface area contributed by atoms with Crippen molar-refractivity contribution in [2.45, 2.75) is 12.5 Å². The molecule has 8 heteroatoms. The third-order valence-corrected chi connectivity index (χ3v) is 4.55. The normalized spacial score (nSPS) is 15.9. The van der Waals surface area contributed by atoms with Crippen LogP contribution in [0.4, 0.5) is 11.5 Å². The number of halogens is 1. The number of carbonyl (C=O) groups is 1. The fraction of sp³-hybridized carbons (Fsp3) is 0.353. The van der Waals surface area contributed by atoms with Crippen molar-refractivity contribution < 1.29 is 4.79 Å². The summed E-state index contributed by atoms with van der Waals surface area (Å²) >= 11 is 5.88. The quantitative estimate of drug-likeness (QED) is 0.841. The van der Waals surface area contributed by atoms with Gasteiger partial charge in [-0.2, -0.15) is 0 Å². The van der Waals surface area contributed by atoms with E-state index in [2.05, 4.69) is 14.9 Å². The van der Waals surface area contributed by atoms with Gasteiger partial charge in [-0.15, -0.1) is 0 Å². The van der Waals surface area contributed by atoms with Crippen molar-refractivity contribution in [3.8, 4) is 0 Å². The van der Waals surface area contributed by atoms with Gasteiger partial charge in [0.2, 0.25) is 5.91 Å². The summed E-state index contributed by atoms with van der Waals surface area (Å²) in [6.07, 6.45) is 3.56. The van der Waals surface area contributed by atoms with Crippen LogP contribution in [-0.4, -0.2) is 53.0 Å². The Bertz CT molecular complexity index is 730. The van der Waals surface area contributed by atoms with Gasteiger partial charge in [-0.1, -0.05) is 23.7 Å². The van der Waals surface area contributed by atoms with Gasteiger partial charge in [0, 0.05) is 31.2 Å². The van der Waals surface area contributed by atoms with E-state index in [1.165, 1.54) is 6.33 Å². The van der Waals surface area contributed by atoms with Gasteiger partial charge in [-0.25, -0.2) is 9.97 Å². The van der Waals surface area contributed by atoms with Crippen LogP contribution >= 0.6 is 11.6 Å². The number of anilines is 2. The number of rotatable bonds is 4. The van der Waals surface area contributed by atoms with Crippen LogP contribution in [0.15, 0.2) is 36.8 Å². The number of nitrogens with two attached hydrogens (primary N) is 2. The Labute approximate surface area is 151 Å². The number of benzene rings is 1. The summed E-state index contributed by atoms with van der Waals surface area (Å²) in [4.78, 5) is 24.6. The number of hydrogen-bond donors (Lipinski definition) is 2. The molecule has 0 bridgehead atoms. The van der Waals surface area contributed by atoms with Crippen molar-refractivity contribution in [2.24, 2.45) is 5.73 Å². The summed E-state index contributed by atoms with van der Waals surface area (Å²) < 4.78 is 0. The van der Waals surface area contributed by atoms with Crippen LogP contribution in [0.3, 0.4) is 0 Å². The zero-order chi connectivity index (χ0) is 17.8. The number of carbonyl (C=O) groups excluding carboxylic acids is 1. The standard InChI is InChI=1S/C17H21ClN6O/c18-13-3-1-12(2-4-13)9-14(19)17(25)24-7-5-23(6-8-24)16-15(20)10-21-11-22-16/h1-4,10-11,14H,5-9,19-20H2. The van der Waals surface area contributed by atoms with E-state index >= 15 is 0 Å². The summed E-state index contributed by atoms with van der Waals surface area (Å²) in [6, 6.07) is 6.84. The van der Waals surface area contributed by atoms with Crippen molar-refractivity contribution in [1.82, 2.24) is 14.9 Å². The van der Waals surface area contributed by atoms with E-state index in [0.717, 1.165) is 5.56 Å². The predicted molar refractivity (Wildman–Crippen MR) is 98.4 cm³/mol. The summed E-state index contributed by atoms with van der Waals surface area (Å²) in [5, 5.41) is 0.670. The summed E-state index contributed by atoms with van der Waals surface area (Å²) in [5.74, 6) is 0.679. The molecule has 2 heterocycles.